The molecule has 3 heteroatoms. The first-order valence-electron chi connectivity index (χ1n) is 5.39. The fourth-order valence-corrected chi connectivity index (χ4v) is 2.05. The van der Waals surface area contributed by atoms with Crippen LogP contribution in [-0.4, -0.2) is 11.5 Å². The average Bonchev–Trinajstić information content (AvgIpc) is 2.26. The van der Waals surface area contributed by atoms with Crippen LogP contribution in [0, 0.1) is 13.8 Å². The van der Waals surface area contributed by atoms with E-state index in [2.05, 4.69) is 11.1 Å². The van der Waals surface area contributed by atoms with Gasteiger partial charge in [0, 0.05) is 16.1 Å². The Morgan fingerprint density at radius 2 is 2.06 bits per heavy atom. The zero-order valence-corrected chi connectivity index (χ0v) is 10.3. The van der Waals surface area contributed by atoms with Gasteiger partial charge in [0.15, 0.2) is 0 Å². The number of benzene rings is 1. The van der Waals surface area contributed by atoms with Gasteiger partial charge in [-0.2, -0.15) is 0 Å². The van der Waals surface area contributed by atoms with Gasteiger partial charge < -0.3 is 5.73 Å². The molecule has 0 saturated carbocycles. The number of aryl methyl sites for hydroxylation is 2. The summed E-state index contributed by atoms with van der Waals surface area (Å²) in [6.45, 7) is 4.67. The molecule has 0 aliphatic rings. The molecule has 1 aromatic heterocycles. The number of hydrogen-bond donors (Lipinski definition) is 1. The van der Waals surface area contributed by atoms with Gasteiger partial charge in [0.2, 0.25) is 0 Å². The maximum Gasteiger partial charge on any atom is 0.0749 e. The maximum atomic E-state index is 6.08. The third-order valence-corrected chi connectivity index (χ3v) is 3.29. The third-order valence-electron chi connectivity index (χ3n) is 2.88. The summed E-state index contributed by atoms with van der Waals surface area (Å²) in [6, 6.07) is 6.09. The van der Waals surface area contributed by atoms with Gasteiger partial charge in [0.1, 0.15) is 0 Å². The van der Waals surface area contributed by atoms with Crippen LogP contribution in [0.2, 0.25) is 5.02 Å². The Kier molecular flexibility index (Phi) is 3.13. The lowest BCUT2D eigenvalue weighted by molar-refractivity contribution is 0.946. The number of aromatic nitrogens is 1. The van der Waals surface area contributed by atoms with Crippen molar-refractivity contribution in [2.45, 2.75) is 20.3 Å². The molecule has 0 spiro atoms. The SMILES string of the molecule is Cc1nc2c(C)c(Cl)ccc2cc1CCN. The highest BCUT2D eigenvalue weighted by Crippen LogP contribution is 2.25. The van der Waals surface area contributed by atoms with E-state index in [1.165, 1.54) is 5.56 Å². The molecule has 84 valence electrons. The van der Waals surface area contributed by atoms with E-state index >= 15 is 0 Å². The molecule has 0 saturated heterocycles. The molecule has 2 N–H and O–H groups in total. The van der Waals surface area contributed by atoms with Crippen molar-refractivity contribution in [2.24, 2.45) is 5.73 Å². The molecule has 1 heterocycles. The number of pyridine rings is 1. The van der Waals surface area contributed by atoms with Crippen molar-refractivity contribution in [1.82, 2.24) is 4.98 Å². The molecule has 0 atom stereocenters. The molecule has 2 rings (SSSR count). The van der Waals surface area contributed by atoms with Gasteiger partial charge in [-0.25, -0.2) is 0 Å². The Labute approximate surface area is 100 Å². The van der Waals surface area contributed by atoms with Crippen LogP contribution in [0.1, 0.15) is 16.8 Å². The molecule has 2 aromatic rings. The van der Waals surface area contributed by atoms with Gasteiger partial charge in [0.05, 0.1) is 5.52 Å². The maximum absolute atomic E-state index is 6.08. The summed E-state index contributed by atoms with van der Waals surface area (Å²) >= 11 is 6.08. The van der Waals surface area contributed by atoms with E-state index < -0.39 is 0 Å². The highest BCUT2D eigenvalue weighted by atomic mass is 35.5. The first-order valence-corrected chi connectivity index (χ1v) is 5.76. The third kappa shape index (κ3) is 1.91. The minimum absolute atomic E-state index is 0.653. The highest BCUT2D eigenvalue weighted by Gasteiger charge is 2.06. The molecular formula is C13H15ClN2. The van der Waals surface area contributed by atoms with Gasteiger partial charge in [0.25, 0.3) is 0 Å². The second kappa shape index (κ2) is 4.40. The van der Waals surface area contributed by atoms with Crippen LogP contribution in [0.5, 0.6) is 0 Å². The summed E-state index contributed by atoms with van der Waals surface area (Å²) in [6.07, 6.45) is 0.871. The van der Waals surface area contributed by atoms with Crippen molar-refractivity contribution in [1.29, 1.82) is 0 Å². The lowest BCUT2D eigenvalue weighted by atomic mass is 10.0. The van der Waals surface area contributed by atoms with E-state index in [-0.39, 0.29) is 0 Å². The van der Waals surface area contributed by atoms with Gasteiger partial charge in [-0.05, 0) is 50.1 Å². The predicted octanol–water partition coefficient (Wildman–Crippen LogP) is 3.01. The van der Waals surface area contributed by atoms with E-state index in [0.29, 0.717) is 6.54 Å². The van der Waals surface area contributed by atoms with Crippen molar-refractivity contribution in [3.63, 3.8) is 0 Å². The molecule has 1 aromatic carbocycles. The fraction of sp³-hybridized carbons (Fsp3) is 0.308. The Morgan fingerprint density at radius 3 is 2.75 bits per heavy atom. The largest absolute Gasteiger partial charge is 0.330 e. The summed E-state index contributed by atoms with van der Waals surface area (Å²) in [5.41, 5.74) is 9.88. The second-order valence-corrected chi connectivity index (χ2v) is 4.42. The molecule has 16 heavy (non-hydrogen) atoms. The Hall–Kier alpha value is -1.12. The number of nitrogens with zero attached hydrogens (tertiary/aromatic N) is 1. The molecule has 0 aliphatic heterocycles. The summed E-state index contributed by atoms with van der Waals surface area (Å²) in [5, 5.41) is 1.90. The molecule has 0 radical (unpaired) electrons. The normalized spacial score (nSPS) is 11.0. The standard InChI is InChI=1S/C13H15ClN2/c1-8-12(14)4-3-11-7-10(5-6-15)9(2)16-13(8)11/h3-4,7H,5-6,15H2,1-2H3. The summed E-state index contributed by atoms with van der Waals surface area (Å²) in [5.74, 6) is 0. The van der Waals surface area contributed by atoms with Crippen molar-refractivity contribution in [3.05, 3.63) is 40.0 Å². The van der Waals surface area contributed by atoms with Crippen LogP contribution in [0.15, 0.2) is 18.2 Å². The first kappa shape index (κ1) is 11.4. The predicted molar refractivity (Wildman–Crippen MR) is 69.0 cm³/mol. The van der Waals surface area contributed by atoms with Crippen LogP contribution in [0.4, 0.5) is 0 Å². The zero-order valence-electron chi connectivity index (χ0n) is 9.55. The summed E-state index contributed by atoms with van der Waals surface area (Å²) < 4.78 is 0. The van der Waals surface area contributed by atoms with Crippen LogP contribution in [0.25, 0.3) is 10.9 Å². The number of fused-ring (bicyclic) bond motifs is 1. The quantitative estimate of drug-likeness (QED) is 0.868. The summed E-state index contributed by atoms with van der Waals surface area (Å²) in [7, 11) is 0. The molecule has 0 amide bonds. The average molecular weight is 235 g/mol. The van der Waals surface area contributed by atoms with Gasteiger partial charge in [-0.3, -0.25) is 4.98 Å². The Balaban J connectivity index is 2.69. The van der Waals surface area contributed by atoms with Crippen molar-refractivity contribution in [3.8, 4) is 0 Å². The van der Waals surface area contributed by atoms with Crippen molar-refractivity contribution in [2.75, 3.05) is 6.54 Å². The molecule has 0 aliphatic carbocycles. The van der Waals surface area contributed by atoms with E-state index in [9.17, 15) is 0 Å². The smallest absolute Gasteiger partial charge is 0.0749 e. The second-order valence-electron chi connectivity index (χ2n) is 4.02. The fourth-order valence-electron chi connectivity index (χ4n) is 1.90. The molecule has 2 nitrogen and oxygen atoms in total. The monoisotopic (exact) mass is 234 g/mol. The topological polar surface area (TPSA) is 38.9 Å². The van der Waals surface area contributed by atoms with Gasteiger partial charge >= 0.3 is 0 Å². The van der Waals surface area contributed by atoms with Crippen LogP contribution in [-0.2, 0) is 6.42 Å². The molecular weight excluding hydrogens is 220 g/mol. The van der Waals surface area contributed by atoms with Crippen molar-refractivity contribution < 1.29 is 0 Å². The minimum atomic E-state index is 0.653. The lowest BCUT2D eigenvalue weighted by Crippen LogP contribution is -2.05. The number of hydrogen-bond acceptors (Lipinski definition) is 2. The van der Waals surface area contributed by atoms with Crippen LogP contribution >= 0.6 is 11.6 Å². The Morgan fingerprint density at radius 1 is 1.31 bits per heavy atom. The summed E-state index contributed by atoms with van der Waals surface area (Å²) in [4.78, 5) is 4.61. The number of halogens is 1. The number of rotatable bonds is 2. The highest BCUT2D eigenvalue weighted by molar-refractivity contribution is 6.32. The molecule has 0 unspecified atom stereocenters. The van der Waals surface area contributed by atoms with Gasteiger partial charge in [-0.1, -0.05) is 17.7 Å². The van der Waals surface area contributed by atoms with Crippen LogP contribution in [0.3, 0.4) is 0 Å². The lowest BCUT2D eigenvalue weighted by Gasteiger charge is -2.09. The molecule has 0 bridgehead atoms. The van der Waals surface area contributed by atoms with E-state index in [4.69, 9.17) is 17.3 Å². The van der Waals surface area contributed by atoms with E-state index in [1.54, 1.807) is 0 Å². The first-order chi connectivity index (χ1) is 7.63. The van der Waals surface area contributed by atoms with Crippen LogP contribution < -0.4 is 5.73 Å². The van der Waals surface area contributed by atoms with Gasteiger partial charge in [-0.15, -0.1) is 0 Å². The van der Waals surface area contributed by atoms with E-state index in [0.717, 1.165) is 33.6 Å². The molecule has 0 fully saturated rings. The zero-order chi connectivity index (χ0) is 11.7. The Bertz CT molecular complexity index is 535. The number of nitrogens with two attached hydrogens (primary N) is 1. The minimum Gasteiger partial charge on any atom is -0.330 e. The van der Waals surface area contributed by atoms with E-state index in [1.807, 2.05) is 26.0 Å². The van der Waals surface area contributed by atoms with Crippen molar-refractivity contribution >= 4 is 22.5 Å².